The zero-order valence-electron chi connectivity index (χ0n) is 11.5. The van der Waals surface area contributed by atoms with Gasteiger partial charge in [-0.05, 0) is 37.5 Å². The summed E-state index contributed by atoms with van der Waals surface area (Å²) in [6.07, 6.45) is 8.61. The Balaban J connectivity index is 2.06. The molecule has 0 aromatic heterocycles. The minimum absolute atomic E-state index is 0.0683. The number of aliphatic hydroxyl groups excluding tert-OH is 1. The van der Waals surface area contributed by atoms with Crippen LogP contribution in [0.25, 0.3) is 0 Å². The first kappa shape index (κ1) is 13.6. The first-order valence-electron chi connectivity index (χ1n) is 7.30. The second-order valence-electron chi connectivity index (χ2n) is 5.61. The second-order valence-corrected chi connectivity index (χ2v) is 5.61. The molecule has 1 saturated carbocycles. The molecule has 0 radical (unpaired) electrons. The van der Waals surface area contributed by atoms with Crippen molar-refractivity contribution >= 4 is 5.91 Å². The Morgan fingerprint density at radius 2 is 2.06 bits per heavy atom. The zero-order valence-corrected chi connectivity index (χ0v) is 11.5. The molecule has 18 heavy (non-hydrogen) atoms. The van der Waals surface area contributed by atoms with Crippen molar-refractivity contribution in [3.05, 3.63) is 12.2 Å². The number of amides is 1. The Hall–Kier alpha value is -0.830. The Labute approximate surface area is 110 Å². The summed E-state index contributed by atoms with van der Waals surface area (Å²) in [5.74, 6) is 1.53. The number of aliphatic hydroxyl groups is 1. The van der Waals surface area contributed by atoms with Crippen LogP contribution in [-0.4, -0.2) is 35.1 Å². The van der Waals surface area contributed by atoms with Crippen molar-refractivity contribution in [2.75, 3.05) is 13.2 Å². The summed E-state index contributed by atoms with van der Waals surface area (Å²) in [4.78, 5) is 14.6. The van der Waals surface area contributed by atoms with Crippen LogP contribution in [0.15, 0.2) is 12.2 Å². The number of fused-ring (bicyclic) bond motifs is 2. The number of hydrogen-bond acceptors (Lipinski definition) is 2. The normalized spacial score (nSPS) is 29.2. The first-order chi connectivity index (χ1) is 8.71. The third kappa shape index (κ3) is 2.46. The van der Waals surface area contributed by atoms with Crippen LogP contribution >= 0.6 is 0 Å². The van der Waals surface area contributed by atoms with Gasteiger partial charge in [0.15, 0.2) is 0 Å². The highest BCUT2D eigenvalue weighted by molar-refractivity contribution is 5.80. The maximum atomic E-state index is 12.7. The molecule has 0 aliphatic heterocycles. The maximum Gasteiger partial charge on any atom is 0.226 e. The van der Waals surface area contributed by atoms with Gasteiger partial charge >= 0.3 is 0 Å². The fourth-order valence-electron chi connectivity index (χ4n) is 3.59. The van der Waals surface area contributed by atoms with E-state index < -0.39 is 0 Å². The molecule has 2 aliphatic carbocycles. The molecule has 102 valence electrons. The van der Waals surface area contributed by atoms with E-state index in [0.29, 0.717) is 18.4 Å². The molecule has 1 amide bonds. The van der Waals surface area contributed by atoms with Crippen LogP contribution in [0.1, 0.15) is 39.5 Å². The van der Waals surface area contributed by atoms with Gasteiger partial charge in [0.2, 0.25) is 5.91 Å². The molecule has 1 N–H and O–H groups in total. The van der Waals surface area contributed by atoms with Crippen LogP contribution in [-0.2, 0) is 4.79 Å². The van der Waals surface area contributed by atoms with Gasteiger partial charge in [0.1, 0.15) is 0 Å². The van der Waals surface area contributed by atoms with E-state index in [9.17, 15) is 9.90 Å². The maximum absolute atomic E-state index is 12.7. The average molecular weight is 251 g/mol. The number of hydrogen-bond donors (Lipinski definition) is 1. The van der Waals surface area contributed by atoms with Gasteiger partial charge in [0, 0.05) is 18.5 Å². The van der Waals surface area contributed by atoms with Crippen LogP contribution in [0.2, 0.25) is 0 Å². The van der Waals surface area contributed by atoms with Gasteiger partial charge < -0.3 is 10.0 Å². The molecule has 1 fully saturated rings. The minimum Gasteiger partial charge on any atom is -0.395 e. The number of allylic oxidation sites excluding steroid dienone is 2. The van der Waals surface area contributed by atoms with Crippen molar-refractivity contribution in [1.82, 2.24) is 4.90 Å². The Bertz CT molecular complexity index is 322. The summed E-state index contributed by atoms with van der Waals surface area (Å²) in [6, 6.07) is 0.285. The Kier molecular flexibility index (Phi) is 4.44. The molecule has 2 rings (SSSR count). The number of carbonyl (C=O) groups excluding carboxylic acids is 1. The molecule has 0 spiro atoms. The Morgan fingerprint density at radius 1 is 1.33 bits per heavy atom. The number of rotatable bonds is 6. The lowest BCUT2D eigenvalue weighted by Gasteiger charge is -2.33. The molecule has 0 heterocycles. The van der Waals surface area contributed by atoms with E-state index in [-0.39, 0.29) is 24.5 Å². The van der Waals surface area contributed by atoms with Crippen LogP contribution in [0.5, 0.6) is 0 Å². The molecule has 2 aliphatic rings. The van der Waals surface area contributed by atoms with Crippen molar-refractivity contribution in [3.63, 3.8) is 0 Å². The van der Waals surface area contributed by atoms with Gasteiger partial charge in [-0.3, -0.25) is 4.79 Å². The van der Waals surface area contributed by atoms with E-state index in [1.54, 1.807) is 0 Å². The summed E-state index contributed by atoms with van der Waals surface area (Å²) in [5, 5.41) is 9.19. The van der Waals surface area contributed by atoms with Gasteiger partial charge in [-0.15, -0.1) is 0 Å². The van der Waals surface area contributed by atoms with E-state index in [4.69, 9.17) is 0 Å². The minimum atomic E-state index is 0.0683. The molecule has 3 atom stereocenters. The highest BCUT2D eigenvalue weighted by atomic mass is 16.3. The second kappa shape index (κ2) is 5.87. The summed E-state index contributed by atoms with van der Waals surface area (Å²) in [5.41, 5.74) is 0. The van der Waals surface area contributed by atoms with E-state index >= 15 is 0 Å². The standard InChI is InChI=1S/C15H25NO2/c1-3-13(4-2)16(7-8-17)15(18)14-10-11-5-6-12(14)9-11/h5-6,11-14,17H,3-4,7-10H2,1-2H3. The van der Waals surface area contributed by atoms with Crippen LogP contribution in [0, 0.1) is 17.8 Å². The first-order valence-corrected chi connectivity index (χ1v) is 7.30. The smallest absolute Gasteiger partial charge is 0.226 e. The summed E-state index contributed by atoms with van der Waals surface area (Å²) in [6.45, 7) is 4.79. The highest BCUT2D eigenvalue weighted by Gasteiger charge is 2.42. The molecular weight excluding hydrogens is 226 g/mol. The third-order valence-electron chi connectivity index (χ3n) is 4.60. The van der Waals surface area contributed by atoms with Crippen LogP contribution in [0.4, 0.5) is 0 Å². The fraction of sp³-hybridized carbons (Fsp3) is 0.800. The lowest BCUT2D eigenvalue weighted by atomic mass is 9.91. The highest BCUT2D eigenvalue weighted by Crippen LogP contribution is 2.44. The van der Waals surface area contributed by atoms with Crippen molar-refractivity contribution in [2.45, 2.75) is 45.6 Å². The molecule has 0 aromatic rings. The zero-order chi connectivity index (χ0) is 13.1. The molecule has 2 bridgehead atoms. The fourth-order valence-corrected chi connectivity index (χ4v) is 3.59. The lowest BCUT2D eigenvalue weighted by molar-refractivity contribution is -0.139. The van der Waals surface area contributed by atoms with Gasteiger partial charge in [-0.25, -0.2) is 0 Å². The predicted molar refractivity (Wildman–Crippen MR) is 72.0 cm³/mol. The Morgan fingerprint density at radius 3 is 2.50 bits per heavy atom. The lowest BCUT2D eigenvalue weighted by Crippen LogP contribution is -2.45. The monoisotopic (exact) mass is 251 g/mol. The molecule has 3 nitrogen and oxygen atoms in total. The largest absolute Gasteiger partial charge is 0.395 e. The molecule has 3 unspecified atom stereocenters. The molecule has 3 heteroatoms. The van der Waals surface area contributed by atoms with E-state index in [1.807, 2.05) is 4.90 Å². The van der Waals surface area contributed by atoms with Crippen molar-refractivity contribution in [1.29, 1.82) is 0 Å². The SMILES string of the molecule is CCC(CC)N(CCO)C(=O)C1CC2C=CC1C2. The van der Waals surface area contributed by atoms with Crippen molar-refractivity contribution in [3.8, 4) is 0 Å². The summed E-state index contributed by atoms with van der Waals surface area (Å²) in [7, 11) is 0. The van der Waals surface area contributed by atoms with Crippen molar-refractivity contribution in [2.24, 2.45) is 17.8 Å². The topological polar surface area (TPSA) is 40.5 Å². The average Bonchev–Trinajstić information content (AvgIpc) is 3.00. The van der Waals surface area contributed by atoms with Crippen LogP contribution in [0.3, 0.4) is 0 Å². The predicted octanol–water partition coefficient (Wildman–Crippen LogP) is 2.21. The summed E-state index contributed by atoms with van der Waals surface area (Å²) >= 11 is 0. The van der Waals surface area contributed by atoms with Gasteiger partial charge in [0.05, 0.1) is 6.61 Å². The molecule has 0 saturated heterocycles. The van der Waals surface area contributed by atoms with Crippen molar-refractivity contribution < 1.29 is 9.90 Å². The molecular formula is C15H25NO2. The third-order valence-corrected chi connectivity index (χ3v) is 4.60. The number of nitrogens with zero attached hydrogens (tertiary/aromatic N) is 1. The van der Waals surface area contributed by atoms with E-state index in [1.165, 1.54) is 0 Å². The van der Waals surface area contributed by atoms with Crippen LogP contribution < -0.4 is 0 Å². The van der Waals surface area contributed by atoms with Gasteiger partial charge in [-0.1, -0.05) is 26.0 Å². The summed E-state index contributed by atoms with van der Waals surface area (Å²) < 4.78 is 0. The van der Waals surface area contributed by atoms with E-state index in [2.05, 4.69) is 26.0 Å². The van der Waals surface area contributed by atoms with Gasteiger partial charge in [-0.2, -0.15) is 0 Å². The van der Waals surface area contributed by atoms with Gasteiger partial charge in [0.25, 0.3) is 0 Å². The number of carbonyl (C=O) groups is 1. The molecule has 0 aromatic carbocycles. The van der Waals surface area contributed by atoms with E-state index in [0.717, 1.165) is 25.7 Å². The quantitative estimate of drug-likeness (QED) is 0.735.